The molecule has 0 atom stereocenters. The maximum Gasteiger partial charge on any atom is 0.331 e. The predicted molar refractivity (Wildman–Crippen MR) is 138 cm³/mol. The molecule has 4 amide bonds. The van der Waals surface area contributed by atoms with E-state index in [1.165, 1.54) is 11.0 Å². The van der Waals surface area contributed by atoms with Gasteiger partial charge in [-0.1, -0.05) is 25.7 Å². The van der Waals surface area contributed by atoms with E-state index in [-0.39, 0.29) is 28.3 Å². The van der Waals surface area contributed by atoms with E-state index in [9.17, 15) is 24.5 Å². The first-order valence-electron chi connectivity index (χ1n) is 12.9. The summed E-state index contributed by atoms with van der Waals surface area (Å²) >= 11 is 0. The summed E-state index contributed by atoms with van der Waals surface area (Å²) in [6.07, 6.45) is 9.11. The Balaban J connectivity index is 1.48. The van der Waals surface area contributed by atoms with Crippen LogP contribution >= 0.6 is 0 Å². The Bertz CT molecular complexity index is 1310. The van der Waals surface area contributed by atoms with Crippen LogP contribution in [0.2, 0.25) is 0 Å². The van der Waals surface area contributed by atoms with Crippen LogP contribution in [0.4, 0.5) is 16.2 Å². The third kappa shape index (κ3) is 4.63. The molecule has 37 heavy (non-hydrogen) atoms. The SMILES string of the molecule is Cc1cc(/C=C2/C(=O)NC(=O)N(C3CCCC3)C2=O)c(C)n1-c1ccc(NC2CCCC2)c([N+](=O)[O-])c1. The molecule has 1 aromatic carbocycles. The van der Waals surface area contributed by atoms with E-state index >= 15 is 0 Å². The fourth-order valence-electron chi connectivity index (χ4n) is 5.87. The van der Waals surface area contributed by atoms with Gasteiger partial charge < -0.3 is 9.88 Å². The lowest BCUT2D eigenvalue weighted by Crippen LogP contribution is -2.57. The van der Waals surface area contributed by atoms with Crippen LogP contribution in [0.5, 0.6) is 0 Å². The standard InChI is InChI=1S/C27H31N5O5/c1-16-13-18(14-22-25(33)29-27(35)31(26(22)34)20-9-5-6-10-20)17(2)30(16)21-11-12-23(24(15-21)32(36)37)28-19-7-3-4-8-19/h11-15,19-20,28H,3-10H2,1-2H3,(H,29,33,35)/b22-14-. The van der Waals surface area contributed by atoms with Crippen LogP contribution in [0.15, 0.2) is 29.8 Å². The number of imide groups is 2. The number of carbonyl (C=O) groups excluding carboxylic acids is 3. The maximum absolute atomic E-state index is 13.2. The molecular weight excluding hydrogens is 474 g/mol. The molecule has 1 saturated heterocycles. The Morgan fingerprint density at radius 1 is 1.03 bits per heavy atom. The molecule has 3 aliphatic rings. The average molecular weight is 506 g/mol. The molecule has 2 heterocycles. The van der Waals surface area contributed by atoms with Crippen molar-refractivity contribution in [2.24, 2.45) is 0 Å². The third-order valence-corrected chi connectivity index (χ3v) is 7.74. The van der Waals surface area contributed by atoms with E-state index in [0.29, 0.717) is 16.9 Å². The van der Waals surface area contributed by atoms with Gasteiger partial charge in [0.2, 0.25) is 0 Å². The van der Waals surface area contributed by atoms with Crippen molar-refractivity contribution >= 4 is 35.3 Å². The molecule has 10 nitrogen and oxygen atoms in total. The van der Waals surface area contributed by atoms with Crippen molar-refractivity contribution in [1.82, 2.24) is 14.8 Å². The summed E-state index contributed by atoms with van der Waals surface area (Å²) in [7, 11) is 0. The lowest BCUT2D eigenvalue weighted by molar-refractivity contribution is -0.384. The van der Waals surface area contributed by atoms with Crippen molar-refractivity contribution in [2.45, 2.75) is 77.3 Å². The van der Waals surface area contributed by atoms with E-state index in [1.54, 1.807) is 12.1 Å². The zero-order chi connectivity index (χ0) is 26.3. The second kappa shape index (κ2) is 9.84. The number of urea groups is 1. The van der Waals surface area contributed by atoms with Gasteiger partial charge in [0.25, 0.3) is 17.5 Å². The molecule has 1 aliphatic heterocycles. The average Bonchev–Trinajstić information content (AvgIpc) is 3.60. The van der Waals surface area contributed by atoms with Crippen LogP contribution in [-0.4, -0.2) is 44.3 Å². The van der Waals surface area contributed by atoms with E-state index < -0.39 is 17.8 Å². The minimum Gasteiger partial charge on any atom is -0.377 e. The minimum absolute atomic E-state index is 0.00404. The molecule has 194 valence electrons. The van der Waals surface area contributed by atoms with Gasteiger partial charge in [-0.2, -0.15) is 0 Å². The smallest absolute Gasteiger partial charge is 0.331 e. The lowest BCUT2D eigenvalue weighted by atomic mass is 10.1. The van der Waals surface area contributed by atoms with Crippen LogP contribution in [0.1, 0.15) is 68.3 Å². The second-order valence-electron chi connectivity index (χ2n) is 10.2. The summed E-state index contributed by atoms with van der Waals surface area (Å²) in [6.45, 7) is 3.70. The highest BCUT2D eigenvalue weighted by atomic mass is 16.6. The Labute approximate surface area is 214 Å². The molecule has 2 saturated carbocycles. The number of nitrogens with zero attached hydrogens (tertiary/aromatic N) is 3. The molecule has 2 N–H and O–H groups in total. The van der Waals surface area contributed by atoms with E-state index in [4.69, 9.17) is 0 Å². The van der Waals surface area contributed by atoms with Gasteiger partial charge in [0.15, 0.2) is 0 Å². The van der Waals surface area contributed by atoms with Crippen molar-refractivity contribution in [3.8, 4) is 5.69 Å². The molecule has 0 radical (unpaired) electrons. The third-order valence-electron chi connectivity index (χ3n) is 7.74. The number of hydrogen-bond acceptors (Lipinski definition) is 6. The van der Waals surface area contributed by atoms with Gasteiger partial charge in [0.1, 0.15) is 11.3 Å². The number of nitrogens with one attached hydrogen (secondary N) is 2. The summed E-state index contributed by atoms with van der Waals surface area (Å²) in [5.41, 5.74) is 3.19. The fourth-order valence-corrected chi connectivity index (χ4v) is 5.87. The van der Waals surface area contributed by atoms with Crippen LogP contribution in [0.25, 0.3) is 11.8 Å². The highest BCUT2D eigenvalue weighted by molar-refractivity contribution is 6.31. The van der Waals surface area contributed by atoms with Gasteiger partial charge in [-0.3, -0.25) is 29.9 Å². The summed E-state index contributed by atoms with van der Waals surface area (Å²) < 4.78 is 1.86. The second-order valence-corrected chi connectivity index (χ2v) is 10.2. The number of hydrogen-bond donors (Lipinski definition) is 2. The highest BCUT2D eigenvalue weighted by Gasteiger charge is 2.40. The Morgan fingerprint density at radius 3 is 2.38 bits per heavy atom. The molecule has 2 aliphatic carbocycles. The molecule has 5 rings (SSSR count). The maximum atomic E-state index is 13.2. The van der Waals surface area contributed by atoms with E-state index in [1.807, 2.05) is 30.5 Å². The zero-order valence-electron chi connectivity index (χ0n) is 21.1. The first kappa shape index (κ1) is 24.7. The summed E-state index contributed by atoms with van der Waals surface area (Å²) in [5, 5.41) is 17.5. The predicted octanol–water partition coefficient (Wildman–Crippen LogP) is 4.76. The number of amides is 4. The van der Waals surface area contributed by atoms with Crippen molar-refractivity contribution < 1.29 is 19.3 Å². The molecule has 0 spiro atoms. The molecule has 1 aromatic heterocycles. The number of aryl methyl sites for hydroxylation is 1. The fraction of sp³-hybridized carbons (Fsp3) is 0.444. The number of anilines is 1. The first-order chi connectivity index (χ1) is 17.7. The van der Waals surface area contributed by atoms with Gasteiger partial charge >= 0.3 is 6.03 Å². The van der Waals surface area contributed by atoms with Gasteiger partial charge in [-0.05, 0) is 69.4 Å². The number of carbonyl (C=O) groups is 3. The van der Waals surface area contributed by atoms with Crippen molar-refractivity contribution in [1.29, 1.82) is 0 Å². The van der Waals surface area contributed by atoms with Crippen molar-refractivity contribution in [3.63, 3.8) is 0 Å². The lowest BCUT2D eigenvalue weighted by Gasteiger charge is -2.31. The van der Waals surface area contributed by atoms with E-state index in [2.05, 4.69) is 10.6 Å². The van der Waals surface area contributed by atoms with Gasteiger partial charge in [0.05, 0.1) is 10.6 Å². The summed E-state index contributed by atoms with van der Waals surface area (Å²) in [4.78, 5) is 50.9. The number of benzene rings is 1. The van der Waals surface area contributed by atoms with Gasteiger partial charge in [-0.15, -0.1) is 0 Å². The molecule has 3 fully saturated rings. The highest BCUT2D eigenvalue weighted by Crippen LogP contribution is 2.33. The zero-order valence-corrected chi connectivity index (χ0v) is 21.1. The largest absolute Gasteiger partial charge is 0.377 e. The number of barbiturate groups is 1. The van der Waals surface area contributed by atoms with Gasteiger partial charge in [-0.25, -0.2) is 4.79 Å². The molecule has 2 aromatic rings. The number of rotatable bonds is 6. The normalized spacial score (nSPS) is 20.2. The summed E-state index contributed by atoms with van der Waals surface area (Å²) in [6, 6.07) is 6.33. The number of nitro benzene ring substituents is 1. The number of aromatic nitrogens is 1. The quantitative estimate of drug-likeness (QED) is 0.252. The topological polar surface area (TPSA) is 127 Å². The van der Waals surface area contributed by atoms with Crippen LogP contribution in [0.3, 0.4) is 0 Å². The van der Waals surface area contributed by atoms with E-state index in [0.717, 1.165) is 62.8 Å². The molecule has 10 heteroatoms. The number of nitro groups is 1. The van der Waals surface area contributed by atoms with Crippen molar-refractivity contribution in [3.05, 3.63) is 56.9 Å². The Hall–Kier alpha value is -3.95. The van der Waals surface area contributed by atoms with Crippen molar-refractivity contribution in [2.75, 3.05) is 5.32 Å². The van der Waals surface area contributed by atoms with Crippen LogP contribution < -0.4 is 10.6 Å². The van der Waals surface area contributed by atoms with Gasteiger partial charge in [0, 0.05) is 29.5 Å². The molecule has 0 bridgehead atoms. The monoisotopic (exact) mass is 505 g/mol. The molecular formula is C27H31N5O5. The summed E-state index contributed by atoms with van der Waals surface area (Å²) in [5.74, 6) is -1.30. The van der Waals surface area contributed by atoms with Crippen LogP contribution in [-0.2, 0) is 9.59 Å². The Morgan fingerprint density at radius 2 is 1.70 bits per heavy atom. The van der Waals surface area contributed by atoms with Crippen LogP contribution in [0, 0.1) is 24.0 Å². The first-order valence-corrected chi connectivity index (χ1v) is 12.9. The minimum atomic E-state index is -0.716. The Kier molecular flexibility index (Phi) is 6.57. The molecule has 0 unspecified atom stereocenters.